The molecule has 0 bridgehead atoms. The van der Waals surface area contributed by atoms with Crippen LogP contribution in [0.5, 0.6) is 5.75 Å². The molecule has 1 aromatic carbocycles. The van der Waals surface area contributed by atoms with Crippen LogP contribution in [0.2, 0.25) is 0 Å². The average Bonchev–Trinajstić information content (AvgIpc) is 2.53. The van der Waals surface area contributed by atoms with Crippen LogP contribution in [-0.4, -0.2) is 25.7 Å². The Hall–Kier alpha value is -1.72. The van der Waals surface area contributed by atoms with Gasteiger partial charge in [0.25, 0.3) is 0 Å². The minimum Gasteiger partial charge on any atom is -0.497 e. The third-order valence-electron chi connectivity index (χ3n) is 4.31. The Morgan fingerprint density at radius 1 is 1.35 bits per heavy atom. The SMILES string of the molecule is COc1ccc2c(c1)C(CCCCNC(=O)C(F)(F)F)CCC2. The van der Waals surface area contributed by atoms with Crippen molar-refractivity contribution in [3.63, 3.8) is 0 Å². The lowest BCUT2D eigenvalue weighted by Crippen LogP contribution is -2.37. The van der Waals surface area contributed by atoms with Gasteiger partial charge in [-0.25, -0.2) is 0 Å². The summed E-state index contributed by atoms with van der Waals surface area (Å²) in [5.41, 5.74) is 2.64. The Bertz CT molecular complexity index is 543. The summed E-state index contributed by atoms with van der Waals surface area (Å²) in [5, 5.41) is 1.91. The summed E-state index contributed by atoms with van der Waals surface area (Å²) in [5.74, 6) is -0.592. The average molecular weight is 329 g/mol. The van der Waals surface area contributed by atoms with Crippen LogP contribution in [-0.2, 0) is 11.2 Å². The maximum Gasteiger partial charge on any atom is 0.471 e. The van der Waals surface area contributed by atoms with E-state index in [1.165, 1.54) is 11.1 Å². The van der Waals surface area contributed by atoms with E-state index in [1.54, 1.807) is 7.11 Å². The first-order valence-corrected chi connectivity index (χ1v) is 7.93. The number of hydrogen-bond donors (Lipinski definition) is 1. The summed E-state index contributed by atoms with van der Waals surface area (Å²) >= 11 is 0. The zero-order valence-electron chi connectivity index (χ0n) is 13.2. The number of alkyl halides is 3. The Morgan fingerprint density at radius 2 is 2.13 bits per heavy atom. The highest BCUT2D eigenvalue weighted by molar-refractivity contribution is 5.81. The summed E-state index contributed by atoms with van der Waals surface area (Å²) in [7, 11) is 1.64. The molecule has 0 aliphatic heterocycles. The number of ether oxygens (including phenoxy) is 1. The fourth-order valence-electron chi connectivity index (χ4n) is 3.12. The molecule has 1 aromatic rings. The van der Waals surface area contributed by atoms with E-state index in [1.807, 2.05) is 11.4 Å². The van der Waals surface area contributed by atoms with Crippen LogP contribution in [0.15, 0.2) is 18.2 Å². The molecule has 1 atom stereocenters. The van der Waals surface area contributed by atoms with Crippen LogP contribution in [0.3, 0.4) is 0 Å². The van der Waals surface area contributed by atoms with Gasteiger partial charge in [0.15, 0.2) is 0 Å². The number of nitrogens with one attached hydrogen (secondary N) is 1. The number of halogens is 3. The molecule has 0 heterocycles. The second-order valence-electron chi connectivity index (χ2n) is 5.90. The zero-order chi connectivity index (χ0) is 16.9. The van der Waals surface area contributed by atoms with Gasteiger partial charge < -0.3 is 10.1 Å². The van der Waals surface area contributed by atoms with Crippen LogP contribution in [0.25, 0.3) is 0 Å². The van der Waals surface area contributed by atoms with E-state index in [-0.39, 0.29) is 6.54 Å². The standard InChI is InChI=1S/C17H22F3NO2/c1-23-14-9-8-13-7-4-6-12(15(13)11-14)5-2-3-10-21-16(22)17(18,19)20/h8-9,11-12H,2-7,10H2,1H3,(H,21,22). The maximum atomic E-state index is 12.1. The molecule has 0 spiro atoms. The van der Waals surface area contributed by atoms with Crippen LogP contribution in [0.1, 0.15) is 49.1 Å². The summed E-state index contributed by atoms with van der Waals surface area (Å²) in [6.07, 6.45) is 0.763. The van der Waals surface area contributed by atoms with Gasteiger partial charge >= 0.3 is 12.1 Å². The first-order valence-electron chi connectivity index (χ1n) is 7.93. The molecule has 0 saturated carbocycles. The van der Waals surface area contributed by atoms with Crippen LogP contribution >= 0.6 is 0 Å². The van der Waals surface area contributed by atoms with E-state index in [2.05, 4.69) is 12.1 Å². The summed E-state index contributed by atoms with van der Waals surface area (Å²) in [6.45, 7) is 0.0655. The molecule has 23 heavy (non-hydrogen) atoms. The predicted octanol–water partition coefficient (Wildman–Crippen LogP) is 3.96. The van der Waals surface area contributed by atoms with Gasteiger partial charge in [0, 0.05) is 6.54 Å². The lowest BCUT2D eigenvalue weighted by molar-refractivity contribution is -0.173. The highest BCUT2D eigenvalue weighted by Gasteiger charge is 2.38. The van der Waals surface area contributed by atoms with Gasteiger partial charge in [-0.05, 0) is 61.3 Å². The van der Waals surface area contributed by atoms with Crippen molar-refractivity contribution in [2.75, 3.05) is 13.7 Å². The number of carbonyl (C=O) groups excluding carboxylic acids is 1. The van der Waals surface area contributed by atoms with Crippen molar-refractivity contribution in [3.8, 4) is 5.75 Å². The van der Waals surface area contributed by atoms with Crippen molar-refractivity contribution in [2.45, 2.75) is 50.6 Å². The summed E-state index contributed by atoms with van der Waals surface area (Å²) in [4.78, 5) is 10.7. The number of aryl methyl sites for hydroxylation is 1. The number of rotatable bonds is 6. The summed E-state index contributed by atoms with van der Waals surface area (Å²) in [6, 6.07) is 6.14. The quantitative estimate of drug-likeness (QED) is 0.802. The number of benzene rings is 1. The lowest BCUT2D eigenvalue weighted by atomic mass is 9.80. The van der Waals surface area contributed by atoms with E-state index in [0.717, 1.165) is 37.9 Å². The number of hydrogen-bond acceptors (Lipinski definition) is 2. The zero-order valence-corrected chi connectivity index (χ0v) is 13.2. The monoisotopic (exact) mass is 329 g/mol. The molecule has 0 aromatic heterocycles. The predicted molar refractivity (Wildman–Crippen MR) is 81.6 cm³/mol. The van der Waals surface area contributed by atoms with Gasteiger partial charge in [0.1, 0.15) is 5.75 Å². The van der Waals surface area contributed by atoms with E-state index in [0.29, 0.717) is 12.3 Å². The van der Waals surface area contributed by atoms with E-state index in [4.69, 9.17) is 4.74 Å². The van der Waals surface area contributed by atoms with Crippen molar-refractivity contribution in [2.24, 2.45) is 0 Å². The number of carbonyl (C=O) groups is 1. The molecule has 1 unspecified atom stereocenters. The minimum absolute atomic E-state index is 0.0655. The van der Waals surface area contributed by atoms with E-state index >= 15 is 0 Å². The lowest BCUT2D eigenvalue weighted by Gasteiger charge is -2.26. The maximum absolute atomic E-state index is 12.1. The largest absolute Gasteiger partial charge is 0.497 e. The van der Waals surface area contributed by atoms with Crippen LogP contribution in [0.4, 0.5) is 13.2 Å². The molecule has 0 radical (unpaired) electrons. The Balaban J connectivity index is 1.80. The molecule has 1 N–H and O–H groups in total. The first-order chi connectivity index (χ1) is 10.9. The van der Waals surface area contributed by atoms with E-state index in [9.17, 15) is 18.0 Å². The molecule has 128 valence electrons. The van der Waals surface area contributed by atoms with Crippen molar-refractivity contribution >= 4 is 5.91 Å². The van der Waals surface area contributed by atoms with Crippen molar-refractivity contribution < 1.29 is 22.7 Å². The number of amides is 1. The third-order valence-corrected chi connectivity index (χ3v) is 4.31. The molecule has 6 heteroatoms. The van der Waals surface area contributed by atoms with Crippen LogP contribution < -0.4 is 10.1 Å². The van der Waals surface area contributed by atoms with Gasteiger partial charge in [-0.2, -0.15) is 13.2 Å². The third kappa shape index (κ3) is 4.88. The molecule has 0 fully saturated rings. The van der Waals surface area contributed by atoms with Crippen molar-refractivity contribution in [1.29, 1.82) is 0 Å². The molecule has 3 nitrogen and oxygen atoms in total. The highest BCUT2D eigenvalue weighted by Crippen LogP contribution is 2.36. The van der Waals surface area contributed by atoms with Crippen LogP contribution in [0, 0.1) is 0 Å². The fraction of sp³-hybridized carbons (Fsp3) is 0.588. The number of fused-ring (bicyclic) bond motifs is 1. The molecular formula is C17H22F3NO2. The highest BCUT2D eigenvalue weighted by atomic mass is 19.4. The molecule has 2 rings (SSSR count). The number of unbranched alkanes of at least 4 members (excludes halogenated alkanes) is 1. The molecular weight excluding hydrogens is 307 g/mol. The van der Waals surface area contributed by atoms with Crippen molar-refractivity contribution in [1.82, 2.24) is 5.32 Å². The van der Waals surface area contributed by atoms with Gasteiger partial charge in [-0.1, -0.05) is 12.5 Å². The second kappa shape index (κ2) is 7.70. The molecule has 1 aliphatic rings. The van der Waals surface area contributed by atoms with Crippen molar-refractivity contribution in [3.05, 3.63) is 29.3 Å². The summed E-state index contributed by atoms with van der Waals surface area (Å²) < 4.78 is 41.5. The Kier molecular flexibility index (Phi) is 5.91. The van der Waals surface area contributed by atoms with E-state index < -0.39 is 12.1 Å². The fourth-order valence-corrected chi connectivity index (χ4v) is 3.12. The van der Waals surface area contributed by atoms with Gasteiger partial charge in [0.2, 0.25) is 0 Å². The molecule has 0 saturated heterocycles. The topological polar surface area (TPSA) is 38.3 Å². The van der Waals surface area contributed by atoms with Gasteiger partial charge in [-0.3, -0.25) is 4.79 Å². The first kappa shape index (κ1) is 17.6. The Morgan fingerprint density at radius 3 is 2.83 bits per heavy atom. The Labute approximate surface area is 134 Å². The molecule has 1 aliphatic carbocycles. The van der Waals surface area contributed by atoms with Gasteiger partial charge in [-0.15, -0.1) is 0 Å². The second-order valence-corrected chi connectivity index (χ2v) is 5.90. The number of methoxy groups -OCH3 is 1. The molecule has 1 amide bonds. The smallest absolute Gasteiger partial charge is 0.471 e. The minimum atomic E-state index is -4.79. The normalized spacial score (nSPS) is 17.5. The van der Waals surface area contributed by atoms with Gasteiger partial charge in [0.05, 0.1) is 7.11 Å².